The van der Waals surface area contributed by atoms with Crippen LogP contribution in [-0.4, -0.2) is 45.9 Å². The maximum absolute atomic E-state index is 12.5. The second kappa shape index (κ2) is 5.35. The third-order valence-electron chi connectivity index (χ3n) is 4.79. The zero-order valence-electron chi connectivity index (χ0n) is 12.3. The molecular weight excluding hydrogens is 296 g/mol. The summed E-state index contributed by atoms with van der Waals surface area (Å²) in [5.41, 5.74) is 1.18. The molecule has 4 heterocycles. The van der Waals surface area contributed by atoms with Crippen molar-refractivity contribution in [3.05, 3.63) is 40.8 Å². The Hall–Kier alpha value is -1.95. The molecule has 0 aliphatic carbocycles. The maximum atomic E-state index is 12.5. The number of hydrogen-bond acceptors (Lipinski definition) is 5. The number of aromatic nitrogens is 2. The summed E-state index contributed by atoms with van der Waals surface area (Å²) in [4.78, 5) is 25.5. The monoisotopic (exact) mass is 314 g/mol. The van der Waals surface area contributed by atoms with Gasteiger partial charge in [-0.25, -0.2) is 9.97 Å². The molecule has 2 aliphatic heterocycles. The summed E-state index contributed by atoms with van der Waals surface area (Å²) >= 11 is 1.64. The highest BCUT2D eigenvalue weighted by molar-refractivity contribution is 7.07. The van der Waals surface area contributed by atoms with E-state index < -0.39 is 0 Å². The Labute approximate surface area is 133 Å². The zero-order valence-corrected chi connectivity index (χ0v) is 13.1. The van der Waals surface area contributed by atoms with Crippen molar-refractivity contribution in [3.8, 4) is 0 Å². The number of hydrogen-bond donors (Lipinski definition) is 0. The van der Waals surface area contributed by atoms with Gasteiger partial charge in [0.1, 0.15) is 0 Å². The van der Waals surface area contributed by atoms with Gasteiger partial charge in [-0.2, -0.15) is 11.3 Å². The van der Waals surface area contributed by atoms with Crippen LogP contribution in [0, 0.1) is 0 Å². The molecule has 0 N–H and O–H groups in total. The van der Waals surface area contributed by atoms with Crippen molar-refractivity contribution in [1.29, 1.82) is 0 Å². The van der Waals surface area contributed by atoms with Gasteiger partial charge in [0.2, 0.25) is 11.9 Å². The smallest absolute Gasteiger partial charge is 0.227 e. The Morgan fingerprint density at radius 1 is 1.27 bits per heavy atom. The van der Waals surface area contributed by atoms with Crippen molar-refractivity contribution in [2.75, 3.05) is 24.5 Å². The third kappa shape index (κ3) is 2.27. The first kappa shape index (κ1) is 13.7. The van der Waals surface area contributed by atoms with E-state index in [0.29, 0.717) is 6.42 Å². The van der Waals surface area contributed by atoms with Crippen LogP contribution in [0.25, 0.3) is 0 Å². The number of carbonyl (C=O) groups excluding carboxylic acids is 1. The van der Waals surface area contributed by atoms with E-state index in [4.69, 9.17) is 0 Å². The van der Waals surface area contributed by atoms with Crippen LogP contribution in [0.5, 0.6) is 0 Å². The SMILES string of the molecule is O=C(Cc1ccsc1)N1CC[C@@]2(CCN2c2ncccn2)C1. The highest BCUT2D eigenvalue weighted by Crippen LogP contribution is 2.41. The van der Waals surface area contributed by atoms with Crippen LogP contribution in [0.4, 0.5) is 5.95 Å². The molecule has 1 spiro atoms. The lowest BCUT2D eigenvalue weighted by Crippen LogP contribution is -2.62. The van der Waals surface area contributed by atoms with Crippen molar-refractivity contribution in [1.82, 2.24) is 14.9 Å². The predicted molar refractivity (Wildman–Crippen MR) is 85.9 cm³/mol. The van der Waals surface area contributed by atoms with Crippen LogP contribution in [0.3, 0.4) is 0 Å². The van der Waals surface area contributed by atoms with E-state index in [1.165, 1.54) is 0 Å². The molecule has 0 saturated carbocycles. The molecule has 2 fully saturated rings. The molecule has 114 valence electrons. The average Bonchev–Trinajstić information content (AvgIpc) is 3.17. The number of thiophene rings is 1. The molecule has 22 heavy (non-hydrogen) atoms. The number of nitrogens with zero attached hydrogens (tertiary/aromatic N) is 4. The Kier molecular flexibility index (Phi) is 3.33. The summed E-state index contributed by atoms with van der Waals surface area (Å²) in [6.45, 7) is 2.62. The molecule has 0 unspecified atom stereocenters. The lowest BCUT2D eigenvalue weighted by molar-refractivity contribution is -0.129. The van der Waals surface area contributed by atoms with Crippen LogP contribution in [0.1, 0.15) is 18.4 Å². The maximum Gasteiger partial charge on any atom is 0.227 e. The summed E-state index contributed by atoms with van der Waals surface area (Å²) in [6, 6.07) is 3.86. The third-order valence-corrected chi connectivity index (χ3v) is 5.52. The minimum absolute atomic E-state index is 0.0612. The van der Waals surface area contributed by atoms with Crippen molar-refractivity contribution in [2.45, 2.75) is 24.8 Å². The first-order valence-electron chi connectivity index (χ1n) is 7.60. The van der Waals surface area contributed by atoms with Crippen LogP contribution >= 0.6 is 11.3 Å². The van der Waals surface area contributed by atoms with Crippen molar-refractivity contribution >= 4 is 23.2 Å². The standard InChI is InChI=1S/C16H18N4OS/c21-14(10-13-2-9-22-11-13)19-7-3-16(12-19)4-8-20(16)15-17-5-1-6-18-15/h1-2,5-6,9,11H,3-4,7-8,10,12H2/t16-/m1/s1. The molecule has 2 aliphatic rings. The fourth-order valence-corrected chi connectivity index (χ4v) is 4.12. The second-order valence-corrected chi connectivity index (χ2v) is 6.83. The van der Waals surface area contributed by atoms with E-state index in [1.807, 2.05) is 22.4 Å². The number of likely N-dealkylation sites (tertiary alicyclic amines) is 1. The van der Waals surface area contributed by atoms with Gasteiger partial charge < -0.3 is 9.80 Å². The lowest BCUT2D eigenvalue weighted by Gasteiger charge is -2.50. The molecule has 0 bridgehead atoms. The van der Waals surface area contributed by atoms with Gasteiger partial charge in [-0.1, -0.05) is 0 Å². The van der Waals surface area contributed by atoms with E-state index in [0.717, 1.165) is 44.0 Å². The van der Waals surface area contributed by atoms with Gasteiger partial charge in [-0.3, -0.25) is 4.79 Å². The van der Waals surface area contributed by atoms with Gasteiger partial charge in [-0.15, -0.1) is 0 Å². The number of carbonyl (C=O) groups is 1. The summed E-state index contributed by atoms with van der Waals surface area (Å²) in [7, 11) is 0. The summed E-state index contributed by atoms with van der Waals surface area (Å²) in [5.74, 6) is 1.02. The topological polar surface area (TPSA) is 49.3 Å². The van der Waals surface area contributed by atoms with Crippen LogP contribution in [0.2, 0.25) is 0 Å². The first-order chi connectivity index (χ1) is 10.8. The highest BCUT2D eigenvalue weighted by Gasteiger charge is 2.51. The Bertz CT molecular complexity index is 660. The predicted octanol–water partition coefficient (Wildman–Crippen LogP) is 1.96. The van der Waals surface area contributed by atoms with Crippen molar-refractivity contribution in [3.63, 3.8) is 0 Å². The van der Waals surface area contributed by atoms with Crippen molar-refractivity contribution in [2.24, 2.45) is 0 Å². The van der Waals surface area contributed by atoms with Gasteiger partial charge in [-0.05, 0) is 41.3 Å². The Morgan fingerprint density at radius 2 is 2.09 bits per heavy atom. The number of anilines is 1. The number of amides is 1. The molecule has 2 aromatic heterocycles. The lowest BCUT2D eigenvalue weighted by atomic mass is 9.84. The fourth-order valence-electron chi connectivity index (χ4n) is 3.46. The Balaban J connectivity index is 1.45. The zero-order chi connectivity index (χ0) is 15.0. The summed E-state index contributed by atoms with van der Waals surface area (Å²) < 4.78 is 0. The van der Waals surface area contributed by atoms with E-state index in [-0.39, 0.29) is 11.4 Å². The Morgan fingerprint density at radius 3 is 2.77 bits per heavy atom. The van der Waals surface area contributed by atoms with E-state index in [9.17, 15) is 4.79 Å². The minimum Gasteiger partial charge on any atom is -0.340 e. The average molecular weight is 314 g/mol. The molecular formula is C16H18N4OS. The number of rotatable bonds is 3. The second-order valence-electron chi connectivity index (χ2n) is 6.05. The molecule has 2 saturated heterocycles. The van der Waals surface area contributed by atoms with Crippen LogP contribution in [0.15, 0.2) is 35.3 Å². The van der Waals surface area contributed by atoms with E-state index >= 15 is 0 Å². The van der Waals surface area contributed by atoms with Crippen molar-refractivity contribution < 1.29 is 4.79 Å². The molecule has 5 nitrogen and oxygen atoms in total. The summed E-state index contributed by atoms with van der Waals surface area (Å²) in [5, 5.41) is 4.08. The van der Waals surface area contributed by atoms with Gasteiger partial charge in [0, 0.05) is 32.0 Å². The quantitative estimate of drug-likeness (QED) is 0.869. The summed E-state index contributed by atoms with van der Waals surface area (Å²) in [6.07, 6.45) is 6.21. The molecule has 2 aromatic rings. The van der Waals surface area contributed by atoms with E-state index in [2.05, 4.69) is 20.2 Å². The molecule has 1 atom stereocenters. The van der Waals surface area contributed by atoms with Gasteiger partial charge in [0.05, 0.1) is 12.0 Å². The minimum atomic E-state index is 0.0612. The van der Waals surface area contributed by atoms with Crippen LogP contribution in [-0.2, 0) is 11.2 Å². The highest BCUT2D eigenvalue weighted by atomic mass is 32.1. The van der Waals surface area contributed by atoms with Gasteiger partial charge >= 0.3 is 0 Å². The van der Waals surface area contributed by atoms with Gasteiger partial charge in [0.25, 0.3) is 0 Å². The first-order valence-corrected chi connectivity index (χ1v) is 8.55. The van der Waals surface area contributed by atoms with E-state index in [1.54, 1.807) is 23.7 Å². The molecule has 6 heteroatoms. The van der Waals surface area contributed by atoms with Crippen LogP contribution < -0.4 is 4.90 Å². The van der Waals surface area contributed by atoms with Gasteiger partial charge in [0.15, 0.2) is 0 Å². The molecule has 1 amide bonds. The molecule has 4 rings (SSSR count). The molecule has 0 radical (unpaired) electrons. The normalized spacial score (nSPS) is 23.8. The fraction of sp³-hybridized carbons (Fsp3) is 0.438. The largest absolute Gasteiger partial charge is 0.340 e. The molecule has 0 aromatic carbocycles.